The van der Waals surface area contributed by atoms with Gasteiger partial charge in [-0.2, -0.15) is 10.2 Å². The molecule has 1 aromatic carbocycles. The number of nitrogens with zero attached hydrogens (tertiary/aromatic N) is 2. The van der Waals surface area contributed by atoms with Crippen LogP contribution in [0.5, 0.6) is 0 Å². The van der Waals surface area contributed by atoms with Crippen molar-refractivity contribution < 1.29 is 8.78 Å². The van der Waals surface area contributed by atoms with Crippen LogP contribution in [-0.2, 0) is 6.42 Å². The highest BCUT2D eigenvalue weighted by atomic mass is 19.1. The maximum Gasteiger partial charge on any atom is 0.131 e. The lowest BCUT2D eigenvalue weighted by molar-refractivity contribution is 0.537. The Bertz CT molecular complexity index is 629. The van der Waals surface area contributed by atoms with Gasteiger partial charge in [0.2, 0.25) is 0 Å². The van der Waals surface area contributed by atoms with E-state index >= 15 is 0 Å². The molecule has 0 saturated heterocycles. The summed E-state index contributed by atoms with van der Waals surface area (Å²) in [5.41, 5.74) is 2.89. The smallest absolute Gasteiger partial charge is 0.131 e. The number of aromatic nitrogens is 2. The molecule has 0 aliphatic carbocycles. The average Bonchev–Trinajstić information content (AvgIpc) is 2.45. The Morgan fingerprint density at radius 3 is 2.48 bits per heavy atom. The molecule has 0 spiro atoms. The molecule has 0 amide bonds. The highest BCUT2D eigenvalue weighted by molar-refractivity contribution is 5.35. The van der Waals surface area contributed by atoms with E-state index < -0.39 is 11.6 Å². The molecular weight excluding hydrogens is 272 g/mol. The number of nitrogens with one attached hydrogen (secondary N) is 1. The van der Waals surface area contributed by atoms with Crippen molar-refractivity contribution in [2.75, 3.05) is 6.54 Å². The van der Waals surface area contributed by atoms with Crippen LogP contribution in [0.15, 0.2) is 24.3 Å². The number of halogens is 2. The maximum atomic E-state index is 14.1. The molecule has 1 aromatic heterocycles. The second kappa shape index (κ2) is 6.72. The number of hydrogen-bond donors (Lipinski definition) is 1. The van der Waals surface area contributed by atoms with E-state index in [0.717, 1.165) is 23.0 Å². The molecule has 1 heterocycles. The van der Waals surface area contributed by atoms with Crippen LogP contribution in [0.4, 0.5) is 8.78 Å². The molecular formula is C16H19F2N3. The molecule has 1 unspecified atom stereocenters. The highest BCUT2D eigenvalue weighted by Gasteiger charge is 2.21. The molecule has 0 saturated carbocycles. The molecule has 2 rings (SSSR count). The van der Waals surface area contributed by atoms with Crippen molar-refractivity contribution in [2.24, 2.45) is 0 Å². The van der Waals surface area contributed by atoms with Gasteiger partial charge in [0.15, 0.2) is 0 Å². The van der Waals surface area contributed by atoms with Crippen molar-refractivity contribution in [3.8, 4) is 0 Å². The van der Waals surface area contributed by atoms with E-state index in [9.17, 15) is 8.78 Å². The van der Waals surface area contributed by atoms with Gasteiger partial charge in [0, 0.05) is 11.6 Å². The van der Waals surface area contributed by atoms with Crippen LogP contribution in [0.3, 0.4) is 0 Å². The fraction of sp³-hybridized carbons (Fsp3) is 0.375. The second-order valence-corrected chi connectivity index (χ2v) is 4.90. The van der Waals surface area contributed by atoms with Crippen molar-refractivity contribution in [1.82, 2.24) is 15.5 Å². The zero-order chi connectivity index (χ0) is 15.4. The van der Waals surface area contributed by atoms with E-state index in [2.05, 4.69) is 15.5 Å². The molecule has 0 radical (unpaired) electrons. The van der Waals surface area contributed by atoms with Gasteiger partial charge < -0.3 is 5.32 Å². The number of benzene rings is 1. The summed E-state index contributed by atoms with van der Waals surface area (Å²) in [7, 11) is 0. The SMILES string of the molecule is CCNC(c1ccc(F)cc1F)c1cc(C)nnc1CC. The van der Waals surface area contributed by atoms with Gasteiger partial charge in [-0.3, -0.25) is 0 Å². The van der Waals surface area contributed by atoms with E-state index in [1.54, 1.807) is 0 Å². The standard InChI is InChI=1S/C16H19F2N3/c1-4-15-13(8-10(3)20-21-15)16(19-5-2)12-7-6-11(17)9-14(12)18/h6-9,16,19H,4-5H2,1-3H3. The van der Waals surface area contributed by atoms with Crippen molar-refractivity contribution in [3.63, 3.8) is 0 Å². The van der Waals surface area contributed by atoms with Gasteiger partial charge in [-0.1, -0.05) is 19.9 Å². The highest BCUT2D eigenvalue weighted by Crippen LogP contribution is 2.27. The van der Waals surface area contributed by atoms with Gasteiger partial charge in [0.1, 0.15) is 11.6 Å². The van der Waals surface area contributed by atoms with Gasteiger partial charge in [-0.25, -0.2) is 8.78 Å². The zero-order valence-electron chi connectivity index (χ0n) is 12.5. The third kappa shape index (κ3) is 3.42. The summed E-state index contributed by atoms with van der Waals surface area (Å²) in [6.07, 6.45) is 0.702. The van der Waals surface area contributed by atoms with Crippen LogP contribution in [-0.4, -0.2) is 16.7 Å². The number of aryl methyl sites for hydroxylation is 2. The summed E-state index contributed by atoms with van der Waals surface area (Å²) >= 11 is 0. The lowest BCUT2D eigenvalue weighted by atomic mass is 9.95. The molecule has 112 valence electrons. The van der Waals surface area contributed by atoms with Gasteiger partial charge in [-0.15, -0.1) is 0 Å². The minimum atomic E-state index is -0.578. The third-order valence-corrected chi connectivity index (χ3v) is 3.35. The van der Waals surface area contributed by atoms with E-state index in [1.165, 1.54) is 12.1 Å². The number of hydrogen-bond acceptors (Lipinski definition) is 3. The second-order valence-electron chi connectivity index (χ2n) is 4.90. The molecule has 0 aliphatic heterocycles. The predicted molar refractivity (Wildman–Crippen MR) is 78.0 cm³/mol. The lowest BCUT2D eigenvalue weighted by Gasteiger charge is -2.21. The minimum absolute atomic E-state index is 0.361. The Balaban J connectivity index is 2.55. The fourth-order valence-corrected chi connectivity index (χ4v) is 2.39. The first-order valence-electron chi connectivity index (χ1n) is 7.08. The molecule has 1 atom stereocenters. The van der Waals surface area contributed by atoms with Crippen LogP contribution in [0.2, 0.25) is 0 Å². The summed E-state index contributed by atoms with van der Waals surface area (Å²) in [5.74, 6) is -1.14. The summed E-state index contributed by atoms with van der Waals surface area (Å²) in [4.78, 5) is 0. The van der Waals surface area contributed by atoms with Crippen molar-refractivity contribution in [3.05, 3.63) is 58.4 Å². The Kier molecular flexibility index (Phi) is 4.96. The fourth-order valence-electron chi connectivity index (χ4n) is 2.39. The largest absolute Gasteiger partial charge is 0.306 e. The minimum Gasteiger partial charge on any atom is -0.306 e. The molecule has 0 bridgehead atoms. The Hall–Kier alpha value is -1.88. The van der Waals surface area contributed by atoms with Gasteiger partial charge in [0.25, 0.3) is 0 Å². The first-order chi connectivity index (χ1) is 10.1. The van der Waals surface area contributed by atoms with Gasteiger partial charge in [-0.05, 0) is 37.6 Å². The van der Waals surface area contributed by atoms with E-state index in [1.807, 2.05) is 26.8 Å². The normalized spacial score (nSPS) is 12.4. The molecule has 5 heteroatoms. The maximum absolute atomic E-state index is 14.1. The van der Waals surface area contributed by atoms with Gasteiger partial charge in [0.05, 0.1) is 17.4 Å². The molecule has 1 N–H and O–H groups in total. The molecule has 0 fully saturated rings. The van der Waals surface area contributed by atoms with Crippen LogP contribution in [0.25, 0.3) is 0 Å². The molecule has 21 heavy (non-hydrogen) atoms. The monoisotopic (exact) mass is 291 g/mol. The zero-order valence-corrected chi connectivity index (χ0v) is 12.5. The summed E-state index contributed by atoms with van der Waals surface area (Å²) in [6, 6.07) is 5.21. The summed E-state index contributed by atoms with van der Waals surface area (Å²) < 4.78 is 27.3. The van der Waals surface area contributed by atoms with Crippen LogP contribution < -0.4 is 5.32 Å². The Labute approximate surface area is 123 Å². The molecule has 2 aromatic rings. The van der Waals surface area contributed by atoms with Crippen molar-refractivity contribution in [1.29, 1.82) is 0 Å². The predicted octanol–water partition coefficient (Wildman–Crippen LogP) is 3.32. The topological polar surface area (TPSA) is 37.8 Å². The third-order valence-electron chi connectivity index (χ3n) is 3.35. The van der Waals surface area contributed by atoms with Crippen LogP contribution >= 0.6 is 0 Å². The van der Waals surface area contributed by atoms with E-state index in [0.29, 0.717) is 18.5 Å². The van der Waals surface area contributed by atoms with E-state index in [4.69, 9.17) is 0 Å². The first kappa shape index (κ1) is 15.5. The lowest BCUT2D eigenvalue weighted by Crippen LogP contribution is -2.25. The summed E-state index contributed by atoms with van der Waals surface area (Å²) in [5, 5.41) is 11.5. The van der Waals surface area contributed by atoms with Crippen molar-refractivity contribution >= 4 is 0 Å². The van der Waals surface area contributed by atoms with Crippen LogP contribution in [0.1, 0.15) is 42.4 Å². The van der Waals surface area contributed by atoms with Crippen LogP contribution in [0, 0.1) is 18.6 Å². The molecule has 3 nitrogen and oxygen atoms in total. The average molecular weight is 291 g/mol. The van der Waals surface area contributed by atoms with Gasteiger partial charge >= 0.3 is 0 Å². The first-order valence-corrected chi connectivity index (χ1v) is 7.08. The Morgan fingerprint density at radius 1 is 1.10 bits per heavy atom. The molecule has 0 aliphatic rings. The van der Waals surface area contributed by atoms with E-state index in [-0.39, 0.29) is 6.04 Å². The quantitative estimate of drug-likeness (QED) is 0.918. The number of rotatable bonds is 5. The summed E-state index contributed by atoms with van der Waals surface area (Å²) in [6.45, 7) is 6.43. The Morgan fingerprint density at radius 2 is 1.86 bits per heavy atom. The van der Waals surface area contributed by atoms with Crippen molar-refractivity contribution in [2.45, 2.75) is 33.2 Å².